The molecule has 0 atom stereocenters. The van der Waals surface area contributed by atoms with Crippen LogP contribution in [0.1, 0.15) is 32.0 Å². The van der Waals surface area contributed by atoms with Crippen LogP contribution in [-0.2, 0) is 5.41 Å². The van der Waals surface area contributed by atoms with Crippen LogP contribution < -0.4 is 5.73 Å². The number of hydrogen-bond donors (Lipinski definition) is 1. The van der Waals surface area contributed by atoms with Gasteiger partial charge in [0.1, 0.15) is 0 Å². The summed E-state index contributed by atoms with van der Waals surface area (Å²) in [5, 5.41) is 8.79. The SMILES string of the molecule is Cc1ccc(Cl)cc1-n1nnc(N)c1C(C)(C)C. The maximum atomic E-state index is 6.05. The molecule has 0 radical (unpaired) electrons. The van der Waals surface area contributed by atoms with Gasteiger partial charge in [0.2, 0.25) is 0 Å². The number of hydrogen-bond acceptors (Lipinski definition) is 3. The van der Waals surface area contributed by atoms with E-state index in [0.29, 0.717) is 10.8 Å². The molecule has 96 valence electrons. The van der Waals surface area contributed by atoms with E-state index < -0.39 is 0 Å². The summed E-state index contributed by atoms with van der Waals surface area (Å²) in [5.74, 6) is 0.460. The molecule has 1 aromatic heterocycles. The number of aryl methyl sites for hydroxylation is 1. The molecule has 18 heavy (non-hydrogen) atoms. The lowest BCUT2D eigenvalue weighted by molar-refractivity contribution is 0.544. The number of nitrogen functional groups attached to an aromatic ring is 1. The lowest BCUT2D eigenvalue weighted by Gasteiger charge is -2.20. The zero-order chi connectivity index (χ0) is 13.5. The van der Waals surface area contributed by atoms with E-state index in [-0.39, 0.29) is 5.41 Å². The average molecular weight is 265 g/mol. The Morgan fingerprint density at radius 3 is 2.56 bits per heavy atom. The Hall–Kier alpha value is -1.55. The minimum atomic E-state index is -0.137. The van der Waals surface area contributed by atoms with E-state index in [1.54, 1.807) is 4.68 Å². The Morgan fingerprint density at radius 1 is 1.28 bits per heavy atom. The Bertz CT molecular complexity index is 581. The fourth-order valence-corrected chi connectivity index (χ4v) is 2.14. The van der Waals surface area contributed by atoms with Gasteiger partial charge in [0.05, 0.1) is 11.4 Å². The van der Waals surface area contributed by atoms with Gasteiger partial charge in [-0.15, -0.1) is 5.10 Å². The van der Waals surface area contributed by atoms with Gasteiger partial charge in [0.15, 0.2) is 5.82 Å². The van der Waals surface area contributed by atoms with Crippen molar-refractivity contribution < 1.29 is 0 Å². The summed E-state index contributed by atoms with van der Waals surface area (Å²) in [6, 6.07) is 5.69. The Balaban J connectivity index is 2.69. The lowest BCUT2D eigenvalue weighted by Crippen LogP contribution is -2.19. The normalized spacial score (nSPS) is 11.8. The second-order valence-corrected chi connectivity index (χ2v) is 5.85. The molecule has 0 bridgehead atoms. The van der Waals surface area contributed by atoms with Crippen LogP contribution in [0.25, 0.3) is 5.69 Å². The predicted molar refractivity (Wildman–Crippen MR) is 74.2 cm³/mol. The minimum absolute atomic E-state index is 0.137. The lowest BCUT2D eigenvalue weighted by atomic mass is 9.91. The summed E-state index contributed by atoms with van der Waals surface area (Å²) in [4.78, 5) is 0. The number of benzene rings is 1. The van der Waals surface area contributed by atoms with Crippen LogP contribution in [0.3, 0.4) is 0 Å². The van der Waals surface area contributed by atoms with Crippen molar-refractivity contribution in [3.8, 4) is 5.69 Å². The first-order valence-corrected chi connectivity index (χ1v) is 6.16. The third-order valence-electron chi connectivity index (χ3n) is 2.81. The molecule has 0 aliphatic heterocycles. The number of aromatic nitrogens is 3. The summed E-state index contributed by atoms with van der Waals surface area (Å²) in [6.45, 7) is 8.26. The largest absolute Gasteiger partial charge is 0.381 e. The zero-order valence-corrected chi connectivity index (χ0v) is 11.8. The molecule has 0 amide bonds. The molecule has 1 aromatic carbocycles. The number of rotatable bonds is 1. The number of halogens is 1. The fraction of sp³-hybridized carbons (Fsp3) is 0.385. The summed E-state index contributed by atoms with van der Waals surface area (Å²) in [5.41, 5.74) is 8.68. The van der Waals surface area contributed by atoms with Gasteiger partial charge in [-0.2, -0.15) is 0 Å². The Kier molecular flexibility index (Phi) is 3.07. The van der Waals surface area contributed by atoms with Crippen LogP contribution in [0.4, 0.5) is 5.82 Å². The fourth-order valence-electron chi connectivity index (χ4n) is 1.97. The maximum Gasteiger partial charge on any atom is 0.170 e. The molecule has 0 saturated heterocycles. The van der Waals surface area contributed by atoms with Crippen LogP contribution in [0, 0.1) is 6.92 Å². The summed E-state index contributed by atoms with van der Waals surface area (Å²) >= 11 is 6.05. The highest BCUT2D eigenvalue weighted by molar-refractivity contribution is 6.30. The van der Waals surface area contributed by atoms with Gasteiger partial charge in [-0.3, -0.25) is 0 Å². The summed E-state index contributed by atoms with van der Waals surface area (Å²) < 4.78 is 1.77. The van der Waals surface area contributed by atoms with Gasteiger partial charge in [0.25, 0.3) is 0 Å². The molecule has 0 aliphatic rings. The summed E-state index contributed by atoms with van der Waals surface area (Å²) in [7, 11) is 0. The van der Waals surface area contributed by atoms with Gasteiger partial charge in [-0.05, 0) is 24.6 Å². The van der Waals surface area contributed by atoms with Crippen molar-refractivity contribution in [2.75, 3.05) is 5.73 Å². The third-order valence-corrected chi connectivity index (χ3v) is 3.04. The van der Waals surface area contributed by atoms with Crippen molar-refractivity contribution in [2.24, 2.45) is 0 Å². The van der Waals surface area contributed by atoms with Crippen LogP contribution in [0.15, 0.2) is 18.2 Å². The molecule has 0 aliphatic carbocycles. The molecule has 1 heterocycles. The van der Waals surface area contributed by atoms with Crippen LogP contribution in [0.5, 0.6) is 0 Å². The quantitative estimate of drug-likeness (QED) is 0.861. The van der Waals surface area contributed by atoms with Gasteiger partial charge in [-0.1, -0.05) is 43.7 Å². The molecule has 2 rings (SSSR count). The van der Waals surface area contributed by atoms with E-state index in [1.165, 1.54) is 0 Å². The van der Waals surface area contributed by atoms with E-state index in [1.807, 2.05) is 25.1 Å². The van der Waals surface area contributed by atoms with Gasteiger partial charge < -0.3 is 5.73 Å². The molecule has 0 fully saturated rings. The topological polar surface area (TPSA) is 56.7 Å². The molecule has 4 nitrogen and oxygen atoms in total. The second-order valence-electron chi connectivity index (χ2n) is 5.42. The van der Waals surface area contributed by atoms with Crippen molar-refractivity contribution in [3.63, 3.8) is 0 Å². The molecule has 2 aromatic rings. The van der Waals surface area contributed by atoms with Crippen molar-refractivity contribution >= 4 is 17.4 Å². The predicted octanol–water partition coefficient (Wildman–Crippen LogP) is 3.11. The van der Waals surface area contributed by atoms with Gasteiger partial charge in [-0.25, -0.2) is 4.68 Å². The maximum absolute atomic E-state index is 6.05. The molecule has 0 saturated carbocycles. The second kappa shape index (κ2) is 4.28. The van der Waals surface area contributed by atoms with Crippen LogP contribution in [0.2, 0.25) is 5.02 Å². The zero-order valence-electron chi connectivity index (χ0n) is 11.0. The molecule has 2 N–H and O–H groups in total. The van der Waals surface area contributed by atoms with Crippen LogP contribution >= 0.6 is 11.6 Å². The summed E-state index contributed by atoms with van der Waals surface area (Å²) in [6.07, 6.45) is 0. The smallest absolute Gasteiger partial charge is 0.170 e. The van der Waals surface area contributed by atoms with Crippen molar-refractivity contribution in [1.29, 1.82) is 0 Å². The molecule has 0 spiro atoms. The molecular weight excluding hydrogens is 248 g/mol. The number of nitrogens with two attached hydrogens (primary N) is 1. The Labute approximate surface area is 112 Å². The number of anilines is 1. The average Bonchev–Trinajstić information content (AvgIpc) is 2.63. The first-order valence-electron chi connectivity index (χ1n) is 5.79. The van der Waals surface area contributed by atoms with Gasteiger partial charge >= 0.3 is 0 Å². The Morgan fingerprint density at radius 2 is 1.94 bits per heavy atom. The van der Waals surface area contributed by atoms with Crippen molar-refractivity contribution in [3.05, 3.63) is 34.5 Å². The first-order chi connectivity index (χ1) is 8.30. The van der Waals surface area contributed by atoms with E-state index in [0.717, 1.165) is 16.9 Å². The highest BCUT2D eigenvalue weighted by Gasteiger charge is 2.25. The first kappa shape index (κ1) is 12.9. The standard InChI is InChI=1S/C13H17ClN4/c1-8-5-6-9(14)7-10(8)18-11(13(2,3)4)12(15)16-17-18/h5-7H,15H2,1-4H3. The van der Waals surface area contributed by atoms with Gasteiger partial charge in [0, 0.05) is 10.4 Å². The highest BCUT2D eigenvalue weighted by Crippen LogP contribution is 2.30. The monoisotopic (exact) mass is 264 g/mol. The minimum Gasteiger partial charge on any atom is -0.381 e. The molecular formula is C13H17ClN4. The molecule has 5 heteroatoms. The van der Waals surface area contributed by atoms with Crippen molar-refractivity contribution in [2.45, 2.75) is 33.1 Å². The third kappa shape index (κ3) is 2.20. The van der Waals surface area contributed by atoms with E-state index >= 15 is 0 Å². The molecule has 0 unspecified atom stereocenters. The number of nitrogens with zero attached hydrogens (tertiary/aromatic N) is 3. The van der Waals surface area contributed by atoms with Crippen molar-refractivity contribution in [1.82, 2.24) is 15.0 Å². The van der Waals surface area contributed by atoms with E-state index in [4.69, 9.17) is 17.3 Å². The highest BCUT2D eigenvalue weighted by atomic mass is 35.5. The van der Waals surface area contributed by atoms with E-state index in [2.05, 4.69) is 31.1 Å². The van der Waals surface area contributed by atoms with E-state index in [9.17, 15) is 0 Å². The van der Waals surface area contributed by atoms with Crippen LogP contribution in [-0.4, -0.2) is 15.0 Å².